The number of hydrogen-bond acceptors (Lipinski definition) is 3. The Labute approximate surface area is 162 Å². The summed E-state index contributed by atoms with van der Waals surface area (Å²) in [5.41, 5.74) is 8.41. The van der Waals surface area contributed by atoms with Crippen molar-refractivity contribution < 1.29 is 9.53 Å². The molecule has 0 radical (unpaired) electrons. The summed E-state index contributed by atoms with van der Waals surface area (Å²) in [4.78, 5) is 12.1. The second kappa shape index (κ2) is 10.1. The molecule has 27 heavy (non-hydrogen) atoms. The highest BCUT2D eigenvalue weighted by Crippen LogP contribution is 2.24. The summed E-state index contributed by atoms with van der Waals surface area (Å²) in [6, 6.07) is 18.8. The third-order valence-corrected chi connectivity index (χ3v) is 5.18. The van der Waals surface area contributed by atoms with E-state index in [0.29, 0.717) is 13.2 Å². The maximum Gasteiger partial charge on any atom is 0.223 e. The summed E-state index contributed by atoms with van der Waals surface area (Å²) in [5, 5.41) is 3.05. The van der Waals surface area contributed by atoms with Crippen LogP contribution in [0.15, 0.2) is 54.6 Å². The van der Waals surface area contributed by atoms with E-state index in [4.69, 9.17) is 10.5 Å². The molecule has 3 N–H and O–H groups in total. The second-order valence-corrected chi connectivity index (χ2v) is 7.40. The van der Waals surface area contributed by atoms with E-state index in [2.05, 4.69) is 41.7 Å². The van der Waals surface area contributed by atoms with Crippen molar-refractivity contribution in [2.75, 3.05) is 13.2 Å². The van der Waals surface area contributed by atoms with Crippen molar-refractivity contribution >= 4 is 5.91 Å². The fourth-order valence-corrected chi connectivity index (χ4v) is 3.63. The number of benzene rings is 2. The molecule has 1 amide bonds. The average Bonchev–Trinajstić information content (AvgIpc) is 3.13. The molecule has 0 bridgehead atoms. The minimum Gasteiger partial charge on any atom is -0.494 e. The van der Waals surface area contributed by atoms with Crippen LogP contribution in [0.5, 0.6) is 5.75 Å². The van der Waals surface area contributed by atoms with Gasteiger partial charge in [-0.3, -0.25) is 4.79 Å². The molecule has 2 atom stereocenters. The highest BCUT2D eigenvalue weighted by Gasteiger charge is 2.27. The molecule has 0 heterocycles. The summed E-state index contributed by atoms with van der Waals surface area (Å²) in [5.74, 6) is 1.14. The molecular weight excluding hydrogens is 336 g/mol. The average molecular weight is 367 g/mol. The first-order valence-corrected chi connectivity index (χ1v) is 9.99. The quantitative estimate of drug-likeness (QED) is 0.668. The Morgan fingerprint density at radius 2 is 1.85 bits per heavy atom. The van der Waals surface area contributed by atoms with E-state index in [1.165, 1.54) is 11.1 Å². The van der Waals surface area contributed by atoms with Crippen LogP contribution in [0.4, 0.5) is 0 Å². The number of nitrogens with two attached hydrogens (primary N) is 1. The molecule has 0 saturated heterocycles. The third-order valence-electron chi connectivity index (χ3n) is 5.18. The summed E-state index contributed by atoms with van der Waals surface area (Å²) in [7, 11) is 0. The molecule has 3 rings (SSSR count). The smallest absolute Gasteiger partial charge is 0.223 e. The number of nitrogens with one attached hydrogen (secondary N) is 1. The molecule has 144 valence electrons. The highest BCUT2D eigenvalue weighted by atomic mass is 16.5. The third kappa shape index (κ3) is 6.40. The van der Waals surface area contributed by atoms with Crippen LogP contribution >= 0.6 is 0 Å². The van der Waals surface area contributed by atoms with Gasteiger partial charge in [-0.05, 0) is 61.8 Å². The van der Waals surface area contributed by atoms with Crippen LogP contribution in [0.25, 0.3) is 0 Å². The van der Waals surface area contributed by atoms with Gasteiger partial charge in [-0.15, -0.1) is 0 Å². The van der Waals surface area contributed by atoms with Gasteiger partial charge in [0.15, 0.2) is 0 Å². The van der Waals surface area contributed by atoms with Crippen LogP contribution < -0.4 is 15.8 Å². The Kier molecular flexibility index (Phi) is 7.28. The van der Waals surface area contributed by atoms with Gasteiger partial charge in [-0.1, -0.05) is 42.5 Å². The maximum absolute atomic E-state index is 12.1. The molecule has 0 aromatic heterocycles. The SMILES string of the molecule is NC1CCC(C(=O)NCCc2cccc(OCCCc3ccccc3)c2)C1. The lowest BCUT2D eigenvalue weighted by Crippen LogP contribution is -2.31. The number of carbonyl (C=O) groups is 1. The van der Waals surface area contributed by atoms with Gasteiger partial charge in [-0.25, -0.2) is 0 Å². The first-order chi connectivity index (χ1) is 13.2. The molecule has 4 nitrogen and oxygen atoms in total. The van der Waals surface area contributed by atoms with Crippen molar-refractivity contribution in [2.45, 2.75) is 44.6 Å². The lowest BCUT2D eigenvalue weighted by Gasteiger charge is -2.11. The number of ether oxygens (including phenoxy) is 1. The first-order valence-electron chi connectivity index (χ1n) is 9.99. The lowest BCUT2D eigenvalue weighted by atomic mass is 10.1. The Balaban J connectivity index is 1.36. The highest BCUT2D eigenvalue weighted by molar-refractivity contribution is 5.79. The van der Waals surface area contributed by atoms with Crippen molar-refractivity contribution in [3.63, 3.8) is 0 Å². The van der Waals surface area contributed by atoms with E-state index < -0.39 is 0 Å². The van der Waals surface area contributed by atoms with Crippen LogP contribution in [0.3, 0.4) is 0 Å². The molecule has 2 aromatic carbocycles. The molecule has 2 unspecified atom stereocenters. The number of rotatable bonds is 9. The van der Waals surface area contributed by atoms with Crippen molar-refractivity contribution in [3.05, 3.63) is 65.7 Å². The van der Waals surface area contributed by atoms with Crippen molar-refractivity contribution in [1.82, 2.24) is 5.32 Å². The molecule has 0 spiro atoms. The van der Waals surface area contributed by atoms with Crippen LogP contribution in [0.1, 0.15) is 36.8 Å². The van der Waals surface area contributed by atoms with E-state index >= 15 is 0 Å². The topological polar surface area (TPSA) is 64.4 Å². The van der Waals surface area contributed by atoms with Crippen LogP contribution in [-0.2, 0) is 17.6 Å². The zero-order valence-electron chi connectivity index (χ0n) is 15.9. The maximum atomic E-state index is 12.1. The standard InChI is InChI=1S/C23H30N2O2/c24-21-12-11-20(17-21)23(26)25-14-13-19-8-4-10-22(16-19)27-15-5-9-18-6-2-1-3-7-18/h1-4,6-8,10,16,20-21H,5,9,11-15,17,24H2,(H,25,26). The summed E-state index contributed by atoms with van der Waals surface area (Å²) < 4.78 is 5.89. The predicted molar refractivity (Wildman–Crippen MR) is 109 cm³/mol. The molecule has 4 heteroatoms. The summed E-state index contributed by atoms with van der Waals surface area (Å²) in [6.07, 6.45) is 5.52. The van der Waals surface area contributed by atoms with Gasteiger partial charge in [0, 0.05) is 18.5 Å². The van der Waals surface area contributed by atoms with E-state index in [9.17, 15) is 4.79 Å². The van der Waals surface area contributed by atoms with Crippen molar-refractivity contribution in [2.24, 2.45) is 11.7 Å². The van der Waals surface area contributed by atoms with Crippen LogP contribution in [0, 0.1) is 5.92 Å². The van der Waals surface area contributed by atoms with Gasteiger partial charge in [0.1, 0.15) is 5.75 Å². The van der Waals surface area contributed by atoms with Gasteiger partial charge in [-0.2, -0.15) is 0 Å². The minimum atomic E-state index is 0.0966. The molecule has 1 fully saturated rings. The first kappa shape index (κ1) is 19.4. The van der Waals surface area contributed by atoms with Gasteiger partial charge < -0.3 is 15.8 Å². The van der Waals surface area contributed by atoms with Gasteiger partial charge >= 0.3 is 0 Å². The Morgan fingerprint density at radius 1 is 1.04 bits per heavy atom. The molecule has 1 aliphatic carbocycles. The minimum absolute atomic E-state index is 0.0966. The monoisotopic (exact) mass is 366 g/mol. The van der Waals surface area contributed by atoms with Crippen LogP contribution in [-0.4, -0.2) is 25.1 Å². The summed E-state index contributed by atoms with van der Waals surface area (Å²) in [6.45, 7) is 1.36. The number of hydrogen-bond donors (Lipinski definition) is 2. The van der Waals surface area contributed by atoms with Gasteiger partial charge in [0.2, 0.25) is 5.91 Å². The zero-order valence-corrected chi connectivity index (χ0v) is 15.9. The number of aryl methyl sites for hydroxylation is 1. The Bertz CT molecular complexity index is 717. The van der Waals surface area contributed by atoms with Gasteiger partial charge in [0.25, 0.3) is 0 Å². The van der Waals surface area contributed by atoms with E-state index in [-0.39, 0.29) is 17.9 Å². The van der Waals surface area contributed by atoms with E-state index in [1.807, 2.05) is 18.2 Å². The fraction of sp³-hybridized carbons (Fsp3) is 0.435. The van der Waals surface area contributed by atoms with E-state index in [1.54, 1.807) is 0 Å². The molecule has 1 saturated carbocycles. The molecule has 0 aliphatic heterocycles. The second-order valence-electron chi connectivity index (χ2n) is 7.40. The van der Waals surface area contributed by atoms with E-state index in [0.717, 1.165) is 44.3 Å². The summed E-state index contributed by atoms with van der Waals surface area (Å²) >= 11 is 0. The fourth-order valence-electron chi connectivity index (χ4n) is 3.63. The zero-order chi connectivity index (χ0) is 18.9. The number of amides is 1. The molecule has 1 aliphatic rings. The Hall–Kier alpha value is -2.33. The van der Waals surface area contributed by atoms with Crippen molar-refractivity contribution in [3.8, 4) is 5.75 Å². The Morgan fingerprint density at radius 3 is 2.63 bits per heavy atom. The number of carbonyl (C=O) groups excluding carboxylic acids is 1. The largest absolute Gasteiger partial charge is 0.494 e. The van der Waals surface area contributed by atoms with Gasteiger partial charge in [0.05, 0.1) is 6.61 Å². The normalized spacial score (nSPS) is 19.0. The molecular formula is C23H30N2O2. The predicted octanol–water partition coefficient (Wildman–Crippen LogP) is 3.48. The molecule has 2 aromatic rings. The lowest BCUT2D eigenvalue weighted by molar-refractivity contribution is -0.124. The van der Waals surface area contributed by atoms with Crippen molar-refractivity contribution in [1.29, 1.82) is 0 Å². The van der Waals surface area contributed by atoms with Crippen LogP contribution in [0.2, 0.25) is 0 Å².